The van der Waals surface area contributed by atoms with Gasteiger partial charge in [-0.1, -0.05) is 12.1 Å². The number of hydrogen-bond donors (Lipinski definition) is 0. The quantitative estimate of drug-likeness (QED) is 0.650. The monoisotopic (exact) mass is 369 g/mol. The SMILES string of the molecule is COCCOCC1CCN(C(=O)Cc2ccc(S(C)(=O)=O)cc2)CC1. The average Bonchev–Trinajstić information content (AvgIpc) is 2.59. The Kier molecular flexibility index (Phi) is 7.40. The van der Waals surface area contributed by atoms with Gasteiger partial charge >= 0.3 is 0 Å². The molecule has 0 unspecified atom stereocenters. The second kappa shape index (κ2) is 9.31. The van der Waals surface area contributed by atoms with Gasteiger partial charge in [0.25, 0.3) is 0 Å². The summed E-state index contributed by atoms with van der Waals surface area (Å²) < 4.78 is 33.4. The maximum Gasteiger partial charge on any atom is 0.226 e. The third-order valence-electron chi connectivity index (χ3n) is 4.46. The van der Waals surface area contributed by atoms with E-state index in [1.54, 1.807) is 31.4 Å². The Morgan fingerprint density at radius 3 is 2.36 bits per heavy atom. The number of carbonyl (C=O) groups excluding carboxylic acids is 1. The fourth-order valence-corrected chi connectivity index (χ4v) is 3.51. The molecule has 0 aliphatic carbocycles. The Bertz CT molecular complexity index is 649. The second-order valence-corrected chi connectivity index (χ2v) is 8.50. The molecule has 140 valence electrons. The molecule has 1 aliphatic rings. The highest BCUT2D eigenvalue weighted by Gasteiger charge is 2.23. The minimum absolute atomic E-state index is 0.0888. The molecule has 1 fully saturated rings. The lowest BCUT2D eigenvalue weighted by Crippen LogP contribution is -2.40. The van der Waals surface area contributed by atoms with Crippen molar-refractivity contribution in [1.29, 1.82) is 0 Å². The van der Waals surface area contributed by atoms with Gasteiger partial charge < -0.3 is 14.4 Å². The normalized spacial score (nSPS) is 16.2. The maximum absolute atomic E-state index is 12.4. The van der Waals surface area contributed by atoms with Crippen LogP contribution in [-0.4, -0.2) is 65.5 Å². The van der Waals surface area contributed by atoms with Gasteiger partial charge in [0.1, 0.15) is 0 Å². The first-order valence-electron chi connectivity index (χ1n) is 8.53. The number of sulfone groups is 1. The summed E-state index contributed by atoms with van der Waals surface area (Å²) in [5.74, 6) is 0.584. The molecule has 0 aromatic heterocycles. The summed E-state index contributed by atoms with van der Waals surface area (Å²) in [5, 5.41) is 0. The first-order valence-corrected chi connectivity index (χ1v) is 10.4. The van der Waals surface area contributed by atoms with Crippen molar-refractivity contribution in [3.8, 4) is 0 Å². The number of likely N-dealkylation sites (tertiary alicyclic amines) is 1. The van der Waals surface area contributed by atoms with Crippen LogP contribution in [0.2, 0.25) is 0 Å². The molecule has 7 heteroatoms. The molecule has 0 N–H and O–H groups in total. The van der Waals surface area contributed by atoms with Crippen LogP contribution < -0.4 is 0 Å². The van der Waals surface area contributed by atoms with E-state index in [1.807, 2.05) is 4.90 Å². The lowest BCUT2D eigenvalue weighted by Gasteiger charge is -2.32. The Hall–Kier alpha value is -1.44. The molecule has 0 spiro atoms. The minimum Gasteiger partial charge on any atom is -0.382 e. The van der Waals surface area contributed by atoms with E-state index in [9.17, 15) is 13.2 Å². The fourth-order valence-electron chi connectivity index (χ4n) is 2.88. The van der Waals surface area contributed by atoms with Gasteiger partial charge in [0.15, 0.2) is 9.84 Å². The summed E-state index contributed by atoms with van der Waals surface area (Å²) in [6.45, 7) is 3.43. The van der Waals surface area contributed by atoms with Crippen molar-refractivity contribution in [3.05, 3.63) is 29.8 Å². The Morgan fingerprint density at radius 2 is 1.80 bits per heavy atom. The number of amides is 1. The third-order valence-corrected chi connectivity index (χ3v) is 5.59. The summed E-state index contributed by atoms with van der Waals surface area (Å²) in [6, 6.07) is 6.54. The van der Waals surface area contributed by atoms with Crippen LogP contribution in [0, 0.1) is 5.92 Å². The van der Waals surface area contributed by atoms with E-state index in [-0.39, 0.29) is 10.8 Å². The predicted octanol–water partition coefficient (Wildman–Crippen LogP) is 1.53. The van der Waals surface area contributed by atoms with E-state index in [0.29, 0.717) is 25.6 Å². The minimum atomic E-state index is -3.20. The molecule has 0 saturated carbocycles. The average molecular weight is 369 g/mol. The Labute approximate surface area is 150 Å². The number of carbonyl (C=O) groups is 1. The van der Waals surface area contributed by atoms with Crippen LogP contribution in [0.1, 0.15) is 18.4 Å². The number of ether oxygens (including phenoxy) is 2. The van der Waals surface area contributed by atoms with Crippen LogP contribution in [0.15, 0.2) is 29.2 Å². The largest absolute Gasteiger partial charge is 0.382 e. The molecule has 1 aliphatic heterocycles. The summed E-state index contributed by atoms with van der Waals surface area (Å²) in [7, 11) is -1.55. The number of rotatable bonds is 8. The molecular formula is C18H27NO5S. The fraction of sp³-hybridized carbons (Fsp3) is 0.611. The molecule has 0 bridgehead atoms. The molecule has 1 heterocycles. The van der Waals surface area contributed by atoms with Gasteiger partial charge in [0.05, 0.1) is 24.5 Å². The Balaban J connectivity index is 1.77. The molecule has 1 aromatic carbocycles. The van der Waals surface area contributed by atoms with Crippen LogP contribution >= 0.6 is 0 Å². The van der Waals surface area contributed by atoms with Crippen molar-refractivity contribution in [3.63, 3.8) is 0 Å². The van der Waals surface area contributed by atoms with Crippen LogP contribution in [0.25, 0.3) is 0 Å². The zero-order valence-corrected chi connectivity index (χ0v) is 15.8. The van der Waals surface area contributed by atoms with E-state index in [1.165, 1.54) is 6.26 Å². The standard InChI is InChI=1S/C18H27NO5S/c1-23-11-12-24-14-16-7-9-19(10-8-16)18(20)13-15-3-5-17(6-4-15)25(2,21)22/h3-6,16H,7-14H2,1-2H3. The molecule has 1 amide bonds. The lowest BCUT2D eigenvalue weighted by atomic mass is 9.97. The van der Waals surface area contributed by atoms with Crippen molar-refractivity contribution in [2.45, 2.75) is 24.2 Å². The number of nitrogens with zero attached hydrogens (tertiary/aromatic N) is 1. The van der Waals surface area contributed by atoms with Gasteiger partial charge in [-0.3, -0.25) is 4.79 Å². The van der Waals surface area contributed by atoms with Crippen LogP contribution in [0.5, 0.6) is 0 Å². The highest BCUT2D eigenvalue weighted by molar-refractivity contribution is 7.90. The number of methoxy groups -OCH3 is 1. The van der Waals surface area contributed by atoms with Crippen LogP contribution in [0.3, 0.4) is 0 Å². The van der Waals surface area contributed by atoms with E-state index >= 15 is 0 Å². The van der Waals surface area contributed by atoms with Gasteiger partial charge in [-0.15, -0.1) is 0 Å². The van der Waals surface area contributed by atoms with Crippen molar-refractivity contribution in [2.24, 2.45) is 5.92 Å². The first-order chi connectivity index (χ1) is 11.9. The van der Waals surface area contributed by atoms with Crippen molar-refractivity contribution >= 4 is 15.7 Å². The lowest BCUT2D eigenvalue weighted by molar-refractivity contribution is -0.132. The highest BCUT2D eigenvalue weighted by atomic mass is 32.2. The van der Waals surface area contributed by atoms with E-state index in [0.717, 1.165) is 38.1 Å². The van der Waals surface area contributed by atoms with Crippen LogP contribution in [0.4, 0.5) is 0 Å². The number of hydrogen-bond acceptors (Lipinski definition) is 5. The molecule has 0 atom stereocenters. The van der Waals surface area contributed by atoms with Crippen molar-refractivity contribution in [1.82, 2.24) is 4.90 Å². The first kappa shape index (κ1) is 19.9. The van der Waals surface area contributed by atoms with Gasteiger partial charge in [-0.25, -0.2) is 8.42 Å². The topological polar surface area (TPSA) is 72.9 Å². The smallest absolute Gasteiger partial charge is 0.226 e. The van der Waals surface area contributed by atoms with E-state index in [2.05, 4.69) is 0 Å². The maximum atomic E-state index is 12.4. The summed E-state index contributed by atoms with van der Waals surface area (Å²) in [6.07, 6.45) is 3.38. The third kappa shape index (κ3) is 6.41. The predicted molar refractivity (Wildman–Crippen MR) is 95.3 cm³/mol. The van der Waals surface area contributed by atoms with E-state index < -0.39 is 9.84 Å². The highest BCUT2D eigenvalue weighted by Crippen LogP contribution is 2.19. The molecule has 1 aromatic rings. The summed E-state index contributed by atoms with van der Waals surface area (Å²) in [5.41, 5.74) is 0.836. The van der Waals surface area contributed by atoms with Gasteiger partial charge in [0.2, 0.25) is 5.91 Å². The van der Waals surface area contributed by atoms with E-state index in [4.69, 9.17) is 9.47 Å². The molecular weight excluding hydrogens is 342 g/mol. The Morgan fingerprint density at radius 1 is 1.16 bits per heavy atom. The van der Waals surface area contributed by atoms with Gasteiger partial charge in [-0.2, -0.15) is 0 Å². The van der Waals surface area contributed by atoms with Gasteiger partial charge in [0, 0.05) is 33.1 Å². The molecule has 1 saturated heterocycles. The van der Waals surface area contributed by atoms with Crippen molar-refractivity contribution < 1.29 is 22.7 Å². The van der Waals surface area contributed by atoms with Gasteiger partial charge in [-0.05, 0) is 36.5 Å². The molecule has 0 radical (unpaired) electrons. The zero-order chi connectivity index (χ0) is 18.3. The molecule has 6 nitrogen and oxygen atoms in total. The summed E-state index contributed by atoms with van der Waals surface area (Å²) >= 11 is 0. The number of benzene rings is 1. The molecule has 25 heavy (non-hydrogen) atoms. The number of piperidine rings is 1. The zero-order valence-electron chi connectivity index (χ0n) is 14.9. The second-order valence-electron chi connectivity index (χ2n) is 6.48. The molecule has 2 rings (SSSR count). The summed E-state index contributed by atoms with van der Waals surface area (Å²) in [4.78, 5) is 14.6. The van der Waals surface area contributed by atoms with Crippen LogP contribution in [-0.2, 0) is 30.5 Å². The van der Waals surface area contributed by atoms with Crippen molar-refractivity contribution in [2.75, 3.05) is 46.3 Å².